The van der Waals surface area contributed by atoms with Crippen LogP contribution in [0.1, 0.15) is 27.8 Å². The molecule has 0 aliphatic heterocycles. The quantitative estimate of drug-likeness (QED) is 0.688. The van der Waals surface area contributed by atoms with Crippen LogP contribution in [0.4, 0.5) is 0 Å². The van der Waals surface area contributed by atoms with Crippen molar-refractivity contribution >= 4 is 23.4 Å². The van der Waals surface area contributed by atoms with E-state index in [0.29, 0.717) is 6.54 Å². The van der Waals surface area contributed by atoms with Crippen LogP contribution in [-0.2, 0) is 0 Å². The van der Waals surface area contributed by atoms with Crippen molar-refractivity contribution in [2.24, 2.45) is 5.73 Å². The van der Waals surface area contributed by atoms with E-state index in [1.165, 1.54) is 0 Å². The molecule has 0 radical (unpaired) electrons. The van der Waals surface area contributed by atoms with Crippen molar-refractivity contribution in [1.82, 2.24) is 9.97 Å². The van der Waals surface area contributed by atoms with Gasteiger partial charge in [-0.15, -0.1) is 0 Å². The van der Waals surface area contributed by atoms with Gasteiger partial charge in [-0.3, -0.25) is 0 Å². The van der Waals surface area contributed by atoms with Gasteiger partial charge in [0, 0.05) is 28.2 Å². The fourth-order valence-electron chi connectivity index (χ4n) is 1.88. The summed E-state index contributed by atoms with van der Waals surface area (Å²) in [5.41, 5.74) is 10.2. The zero-order valence-electron chi connectivity index (χ0n) is 11.9. The summed E-state index contributed by atoms with van der Waals surface area (Å²) < 4.78 is 0. The van der Waals surface area contributed by atoms with Crippen LogP contribution in [0.2, 0.25) is 5.02 Å². The number of benzene rings is 1. The van der Waals surface area contributed by atoms with Crippen LogP contribution in [0.15, 0.2) is 29.4 Å². The second-order valence-electron chi connectivity index (χ2n) is 4.70. The van der Waals surface area contributed by atoms with Crippen LogP contribution in [0.5, 0.6) is 0 Å². The number of nitrogens with two attached hydrogens (primary N) is 1. The van der Waals surface area contributed by atoms with E-state index in [9.17, 15) is 0 Å². The Hall–Kier alpha value is -1.10. The van der Waals surface area contributed by atoms with E-state index >= 15 is 0 Å². The first-order valence-electron chi connectivity index (χ1n) is 6.45. The van der Waals surface area contributed by atoms with E-state index in [-0.39, 0.29) is 5.25 Å². The molecule has 2 N–H and O–H groups in total. The van der Waals surface area contributed by atoms with Crippen molar-refractivity contribution in [3.63, 3.8) is 0 Å². The predicted octanol–water partition coefficient (Wildman–Crippen LogP) is 3.85. The summed E-state index contributed by atoms with van der Waals surface area (Å²) in [6.07, 6.45) is 0. The number of nitrogens with zero attached hydrogens (tertiary/aromatic N) is 2. The molecule has 1 atom stereocenters. The first-order valence-corrected chi connectivity index (χ1v) is 7.71. The highest BCUT2D eigenvalue weighted by Gasteiger charge is 2.15. The summed E-state index contributed by atoms with van der Waals surface area (Å²) in [5.74, 6) is 0. The second-order valence-corrected chi connectivity index (χ2v) is 6.31. The zero-order valence-corrected chi connectivity index (χ0v) is 13.4. The van der Waals surface area contributed by atoms with Gasteiger partial charge in [-0.1, -0.05) is 35.5 Å². The summed E-state index contributed by atoms with van der Waals surface area (Å²) >= 11 is 7.62. The lowest BCUT2D eigenvalue weighted by Gasteiger charge is -2.15. The number of rotatable bonds is 4. The molecule has 1 aromatic heterocycles. The van der Waals surface area contributed by atoms with E-state index in [4.69, 9.17) is 17.3 Å². The number of hydrogen-bond donors (Lipinski definition) is 1. The number of thioether (sulfide) groups is 1. The monoisotopic (exact) mass is 307 g/mol. The Morgan fingerprint density at radius 1 is 1.20 bits per heavy atom. The zero-order chi connectivity index (χ0) is 14.7. The maximum absolute atomic E-state index is 6.04. The van der Waals surface area contributed by atoms with Crippen LogP contribution in [0.25, 0.3) is 0 Å². The lowest BCUT2D eigenvalue weighted by Crippen LogP contribution is -2.10. The van der Waals surface area contributed by atoms with E-state index in [1.54, 1.807) is 11.8 Å². The lowest BCUT2D eigenvalue weighted by atomic mass is 10.1. The SMILES string of the molecule is Cc1nc(SC(CN)c2cccc(Cl)c2)nc(C)c1C. The Morgan fingerprint density at radius 3 is 2.40 bits per heavy atom. The average molecular weight is 308 g/mol. The molecule has 3 nitrogen and oxygen atoms in total. The molecule has 0 saturated heterocycles. The molecule has 20 heavy (non-hydrogen) atoms. The van der Waals surface area contributed by atoms with Crippen LogP contribution in [0.3, 0.4) is 0 Å². The van der Waals surface area contributed by atoms with Crippen LogP contribution in [-0.4, -0.2) is 16.5 Å². The maximum Gasteiger partial charge on any atom is 0.188 e. The van der Waals surface area contributed by atoms with Gasteiger partial charge in [-0.05, 0) is 44.0 Å². The van der Waals surface area contributed by atoms with Gasteiger partial charge in [0.2, 0.25) is 0 Å². The van der Waals surface area contributed by atoms with Gasteiger partial charge in [0.05, 0.1) is 0 Å². The first kappa shape index (κ1) is 15.3. The summed E-state index contributed by atoms with van der Waals surface area (Å²) in [7, 11) is 0. The molecular formula is C15H18ClN3S. The van der Waals surface area contributed by atoms with Crippen molar-refractivity contribution in [1.29, 1.82) is 0 Å². The van der Waals surface area contributed by atoms with Crippen LogP contribution in [0, 0.1) is 20.8 Å². The minimum Gasteiger partial charge on any atom is -0.329 e. The van der Waals surface area contributed by atoms with Gasteiger partial charge in [0.15, 0.2) is 5.16 Å². The van der Waals surface area contributed by atoms with E-state index in [0.717, 1.165) is 32.7 Å². The molecule has 5 heteroatoms. The molecule has 2 rings (SSSR count). The molecular weight excluding hydrogens is 290 g/mol. The molecule has 2 aromatic rings. The minimum atomic E-state index is 0.107. The molecule has 1 unspecified atom stereocenters. The van der Waals surface area contributed by atoms with Crippen LogP contribution >= 0.6 is 23.4 Å². The fraction of sp³-hybridized carbons (Fsp3) is 0.333. The van der Waals surface area contributed by atoms with Gasteiger partial charge < -0.3 is 5.73 Å². The Bertz CT molecular complexity index is 593. The largest absolute Gasteiger partial charge is 0.329 e. The Balaban J connectivity index is 2.27. The van der Waals surface area contributed by atoms with Crippen molar-refractivity contribution < 1.29 is 0 Å². The smallest absolute Gasteiger partial charge is 0.188 e. The molecule has 1 aromatic carbocycles. The number of aromatic nitrogens is 2. The predicted molar refractivity (Wildman–Crippen MR) is 85.3 cm³/mol. The van der Waals surface area contributed by atoms with E-state index < -0.39 is 0 Å². The Kier molecular flexibility index (Phi) is 5.02. The third-order valence-corrected chi connectivity index (χ3v) is 4.67. The molecule has 106 valence electrons. The second kappa shape index (κ2) is 6.57. The van der Waals surface area contributed by atoms with Crippen molar-refractivity contribution in [3.8, 4) is 0 Å². The van der Waals surface area contributed by atoms with Gasteiger partial charge in [-0.25, -0.2) is 9.97 Å². The highest BCUT2D eigenvalue weighted by atomic mass is 35.5. The lowest BCUT2D eigenvalue weighted by molar-refractivity contribution is 0.863. The standard InChI is InChI=1S/C15H18ClN3S/c1-9-10(2)18-15(19-11(9)3)20-14(8-17)12-5-4-6-13(16)7-12/h4-7,14H,8,17H2,1-3H3. The van der Waals surface area contributed by atoms with Gasteiger partial charge in [0.1, 0.15) is 0 Å². The number of aryl methyl sites for hydroxylation is 2. The van der Waals surface area contributed by atoms with E-state index in [2.05, 4.69) is 9.97 Å². The molecule has 0 bridgehead atoms. The summed E-state index contributed by atoms with van der Waals surface area (Å²) in [6.45, 7) is 6.56. The summed E-state index contributed by atoms with van der Waals surface area (Å²) in [4.78, 5) is 9.07. The first-order chi connectivity index (χ1) is 9.51. The van der Waals surface area contributed by atoms with Crippen LogP contribution < -0.4 is 5.73 Å². The number of halogens is 1. The van der Waals surface area contributed by atoms with E-state index in [1.807, 2.05) is 45.0 Å². The maximum atomic E-state index is 6.04. The topological polar surface area (TPSA) is 51.8 Å². The fourth-order valence-corrected chi connectivity index (χ4v) is 3.09. The van der Waals surface area contributed by atoms with Gasteiger partial charge in [-0.2, -0.15) is 0 Å². The molecule has 0 aliphatic rings. The van der Waals surface area contributed by atoms with Crippen molar-refractivity contribution in [3.05, 3.63) is 51.8 Å². The van der Waals surface area contributed by atoms with Crippen molar-refractivity contribution in [2.45, 2.75) is 31.2 Å². The molecule has 0 spiro atoms. The van der Waals surface area contributed by atoms with Gasteiger partial charge in [0.25, 0.3) is 0 Å². The summed E-state index contributed by atoms with van der Waals surface area (Å²) in [6, 6.07) is 7.78. The van der Waals surface area contributed by atoms with Gasteiger partial charge >= 0.3 is 0 Å². The molecule has 0 saturated carbocycles. The third kappa shape index (κ3) is 3.51. The molecule has 0 aliphatic carbocycles. The third-order valence-electron chi connectivity index (χ3n) is 3.29. The highest BCUT2D eigenvalue weighted by Crippen LogP contribution is 2.33. The molecule has 0 amide bonds. The molecule has 0 fully saturated rings. The minimum absolute atomic E-state index is 0.107. The highest BCUT2D eigenvalue weighted by molar-refractivity contribution is 7.99. The Labute approximate surface area is 129 Å². The number of hydrogen-bond acceptors (Lipinski definition) is 4. The molecule has 1 heterocycles. The van der Waals surface area contributed by atoms with Crippen molar-refractivity contribution in [2.75, 3.05) is 6.54 Å². The normalized spacial score (nSPS) is 12.4. The summed E-state index contributed by atoms with van der Waals surface area (Å²) in [5, 5.41) is 1.59. The average Bonchev–Trinajstić information content (AvgIpc) is 2.42. The Morgan fingerprint density at radius 2 is 1.85 bits per heavy atom.